The van der Waals surface area contributed by atoms with Crippen LogP contribution in [-0.2, 0) is 6.54 Å². The van der Waals surface area contributed by atoms with Gasteiger partial charge in [0.05, 0.1) is 11.6 Å². The molecule has 138 valence electrons. The van der Waals surface area contributed by atoms with Crippen molar-refractivity contribution in [3.05, 3.63) is 84.2 Å². The van der Waals surface area contributed by atoms with Crippen molar-refractivity contribution in [3.8, 4) is 11.4 Å². The molecule has 1 N–H and O–H groups in total. The molecule has 1 atom stereocenters. The number of hydrogen-bond acceptors (Lipinski definition) is 5. The highest BCUT2D eigenvalue weighted by molar-refractivity contribution is 5.91. The quantitative estimate of drug-likeness (QED) is 0.576. The average molecular weight is 368 g/mol. The van der Waals surface area contributed by atoms with Gasteiger partial charge in [0.2, 0.25) is 0 Å². The van der Waals surface area contributed by atoms with Crippen LogP contribution in [0.3, 0.4) is 0 Å². The van der Waals surface area contributed by atoms with Crippen LogP contribution in [-0.4, -0.2) is 26.6 Å². The van der Waals surface area contributed by atoms with Gasteiger partial charge in [-0.3, -0.25) is 4.98 Å². The summed E-state index contributed by atoms with van der Waals surface area (Å²) in [6, 6.07) is 20.1. The second kappa shape index (κ2) is 7.02. The van der Waals surface area contributed by atoms with Gasteiger partial charge in [0.15, 0.2) is 5.82 Å². The fourth-order valence-corrected chi connectivity index (χ4v) is 3.83. The highest BCUT2D eigenvalue weighted by Crippen LogP contribution is 2.33. The van der Waals surface area contributed by atoms with E-state index in [1.165, 1.54) is 0 Å². The van der Waals surface area contributed by atoms with Crippen molar-refractivity contribution in [2.45, 2.75) is 19.1 Å². The van der Waals surface area contributed by atoms with Crippen LogP contribution < -0.4 is 4.90 Å². The van der Waals surface area contributed by atoms with Crippen LogP contribution in [0.15, 0.2) is 73.1 Å². The van der Waals surface area contributed by atoms with Gasteiger partial charge < -0.3 is 10.0 Å². The van der Waals surface area contributed by atoms with E-state index in [9.17, 15) is 5.11 Å². The topological polar surface area (TPSA) is 62.1 Å². The zero-order valence-corrected chi connectivity index (χ0v) is 15.4. The van der Waals surface area contributed by atoms with Crippen LogP contribution in [0.25, 0.3) is 22.3 Å². The average Bonchev–Trinajstić information content (AvgIpc) is 2.93. The Hall–Kier alpha value is -3.31. The first-order valence-electron chi connectivity index (χ1n) is 9.47. The second-order valence-corrected chi connectivity index (χ2v) is 7.05. The fourth-order valence-electron chi connectivity index (χ4n) is 3.83. The lowest BCUT2D eigenvalue weighted by Crippen LogP contribution is -2.24. The molecule has 4 aromatic rings. The summed E-state index contributed by atoms with van der Waals surface area (Å²) >= 11 is 0. The second-order valence-electron chi connectivity index (χ2n) is 7.05. The third-order valence-electron chi connectivity index (χ3n) is 5.27. The summed E-state index contributed by atoms with van der Waals surface area (Å²) in [6.07, 6.45) is 3.73. The van der Waals surface area contributed by atoms with E-state index in [2.05, 4.69) is 22.0 Å². The molecule has 0 bridgehead atoms. The zero-order valence-electron chi connectivity index (χ0n) is 15.4. The fraction of sp³-hybridized carbons (Fsp3) is 0.174. The summed E-state index contributed by atoms with van der Waals surface area (Å²) in [4.78, 5) is 16.1. The lowest BCUT2D eigenvalue weighted by Gasteiger charge is -2.24. The van der Waals surface area contributed by atoms with E-state index in [4.69, 9.17) is 9.97 Å². The SMILES string of the molecule is O[C@@H]1CCN(c2nc(-c3ccncc3)nc3ccccc23)Cc2ccccc21. The molecular weight excluding hydrogens is 348 g/mol. The summed E-state index contributed by atoms with van der Waals surface area (Å²) in [5, 5.41) is 11.6. The largest absolute Gasteiger partial charge is 0.388 e. The molecule has 0 saturated carbocycles. The minimum absolute atomic E-state index is 0.450. The Balaban J connectivity index is 1.66. The molecule has 0 spiro atoms. The number of benzene rings is 2. The zero-order chi connectivity index (χ0) is 18.9. The Morgan fingerprint density at radius 2 is 1.68 bits per heavy atom. The standard InChI is InChI=1S/C23H20N4O/c28-21-11-14-27(15-17-5-1-2-6-18(17)21)23-19-7-3-4-8-20(19)25-22(26-23)16-9-12-24-13-10-16/h1-10,12-13,21,28H,11,14-15H2/t21-/m1/s1. The maximum absolute atomic E-state index is 10.6. The Kier molecular flexibility index (Phi) is 4.22. The molecule has 0 fully saturated rings. The number of aliphatic hydroxyl groups is 1. The molecule has 3 heterocycles. The molecule has 28 heavy (non-hydrogen) atoms. The minimum Gasteiger partial charge on any atom is -0.388 e. The number of pyridine rings is 1. The van der Waals surface area contributed by atoms with Gasteiger partial charge in [0.1, 0.15) is 5.82 Å². The molecule has 5 rings (SSSR count). The van der Waals surface area contributed by atoms with Gasteiger partial charge >= 0.3 is 0 Å². The number of fused-ring (bicyclic) bond motifs is 2. The molecule has 0 saturated heterocycles. The summed E-state index contributed by atoms with van der Waals surface area (Å²) in [6.45, 7) is 1.44. The van der Waals surface area contributed by atoms with Crippen molar-refractivity contribution in [2.24, 2.45) is 0 Å². The van der Waals surface area contributed by atoms with E-state index in [1.54, 1.807) is 12.4 Å². The first kappa shape index (κ1) is 16.8. The number of hydrogen-bond donors (Lipinski definition) is 1. The van der Waals surface area contributed by atoms with Crippen molar-refractivity contribution in [1.29, 1.82) is 0 Å². The van der Waals surface area contributed by atoms with Gasteiger partial charge in [0.25, 0.3) is 0 Å². The summed E-state index contributed by atoms with van der Waals surface area (Å²) in [5.74, 6) is 1.59. The van der Waals surface area contributed by atoms with Crippen LogP contribution in [0.2, 0.25) is 0 Å². The van der Waals surface area contributed by atoms with Crippen LogP contribution in [0.1, 0.15) is 23.7 Å². The maximum Gasteiger partial charge on any atom is 0.162 e. The summed E-state index contributed by atoms with van der Waals surface area (Å²) in [5.41, 5.74) is 4.01. The number of anilines is 1. The molecule has 0 amide bonds. The molecule has 5 nitrogen and oxygen atoms in total. The predicted octanol–water partition coefficient (Wildman–Crippen LogP) is 4.14. The molecule has 0 unspecified atom stereocenters. The molecular formula is C23H20N4O. The molecule has 0 aliphatic carbocycles. The van der Waals surface area contributed by atoms with Crippen molar-refractivity contribution in [2.75, 3.05) is 11.4 Å². The number of aliphatic hydroxyl groups excluding tert-OH is 1. The highest BCUT2D eigenvalue weighted by Gasteiger charge is 2.23. The predicted molar refractivity (Wildman–Crippen MR) is 110 cm³/mol. The molecule has 0 radical (unpaired) electrons. The van der Waals surface area contributed by atoms with Crippen molar-refractivity contribution in [3.63, 3.8) is 0 Å². The van der Waals surface area contributed by atoms with E-state index in [1.807, 2.05) is 48.5 Å². The monoisotopic (exact) mass is 368 g/mol. The van der Waals surface area contributed by atoms with E-state index < -0.39 is 6.10 Å². The molecule has 2 aromatic carbocycles. The van der Waals surface area contributed by atoms with Crippen molar-refractivity contribution >= 4 is 16.7 Å². The van der Waals surface area contributed by atoms with E-state index in [0.29, 0.717) is 18.8 Å². The molecule has 1 aliphatic heterocycles. The van der Waals surface area contributed by atoms with Gasteiger partial charge in [-0.25, -0.2) is 9.97 Å². The van der Waals surface area contributed by atoms with Gasteiger partial charge in [-0.15, -0.1) is 0 Å². The Morgan fingerprint density at radius 1 is 0.893 bits per heavy atom. The van der Waals surface area contributed by atoms with Gasteiger partial charge in [0, 0.05) is 36.4 Å². The Morgan fingerprint density at radius 3 is 2.57 bits per heavy atom. The van der Waals surface area contributed by atoms with Crippen molar-refractivity contribution < 1.29 is 5.11 Å². The summed E-state index contributed by atoms with van der Waals surface area (Å²) < 4.78 is 0. The normalized spacial score (nSPS) is 16.6. The van der Waals surface area contributed by atoms with E-state index in [0.717, 1.165) is 40.0 Å². The van der Waals surface area contributed by atoms with Gasteiger partial charge in [-0.2, -0.15) is 0 Å². The Bertz CT molecular complexity index is 1130. The third kappa shape index (κ3) is 3.00. The maximum atomic E-state index is 10.6. The lowest BCUT2D eigenvalue weighted by molar-refractivity contribution is 0.171. The Labute approximate surface area is 163 Å². The third-order valence-corrected chi connectivity index (χ3v) is 5.27. The van der Waals surface area contributed by atoms with Gasteiger partial charge in [-0.1, -0.05) is 36.4 Å². The number of nitrogens with zero attached hydrogens (tertiary/aromatic N) is 4. The van der Waals surface area contributed by atoms with Crippen molar-refractivity contribution in [1.82, 2.24) is 15.0 Å². The first-order valence-corrected chi connectivity index (χ1v) is 9.47. The number of rotatable bonds is 2. The van der Waals surface area contributed by atoms with Crippen LogP contribution in [0, 0.1) is 0 Å². The minimum atomic E-state index is -0.450. The van der Waals surface area contributed by atoms with Gasteiger partial charge in [-0.05, 0) is 41.8 Å². The highest BCUT2D eigenvalue weighted by atomic mass is 16.3. The molecule has 5 heteroatoms. The molecule has 1 aliphatic rings. The number of para-hydroxylation sites is 1. The lowest BCUT2D eigenvalue weighted by atomic mass is 10.0. The molecule has 2 aromatic heterocycles. The summed E-state index contributed by atoms with van der Waals surface area (Å²) in [7, 11) is 0. The van der Waals surface area contributed by atoms with Crippen LogP contribution >= 0.6 is 0 Å². The van der Waals surface area contributed by atoms with Crippen LogP contribution in [0.5, 0.6) is 0 Å². The smallest absolute Gasteiger partial charge is 0.162 e. The van der Waals surface area contributed by atoms with Crippen LogP contribution in [0.4, 0.5) is 5.82 Å². The first-order chi connectivity index (χ1) is 13.8. The number of aromatic nitrogens is 3. The van der Waals surface area contributed by atoms with E-state index in [-0.39, 0.29) is 0 Å². The van der Waals surface area contributed by atoms with E-state index >= 15 is 0 Å².